The summed E-state index contributed by atoms with van der Waals surface area (Å²) in [6, 6.07) is -0.699. The van der Waals surface area contributed by atoms with Crippen molar-refractivity contribution in [1.82, 2.24) is 10.6 Å². The maximum atomic E-state index is 11.5. The molecule has 1 atom stereocenters. The third-order valence-corrected chi connectivity index (χ3v) is 2.51. The number of hydrogen-bond donors (Lipinski definition) is 3. The van der Waals surface area contributed by atoms with Crippen LogP contribution in [0.25, 0.3) is 0 Å². The van der Waals surface area contributed by atoms with Crippen molar-refractivity contribution in [1.29, 1.82) is 0 Å². The number of carbonyl (C=O) groups is 2. The van der Waals surface area contributed by atoms with E-state index >= 15 is 0 Å². The van der Waals surface area contributed by atoms with Crippen molar-refractivity contribution in [3.05, 3.63) is 0 Å². The molecular formula is C13H26N2O4. The van der Waals surface area contributed by atoms with Crippen molar-refractivity contribution >= 4 is 11.9 Å². The van der Waals surface area contributed by atoms with Crippen molar-refractivity contribution in [3.63, 3.8) is 0 Å². The molecule has 0 rings (SSSR count). The third-order valence-electron chi connectivity index (χ3n) is 2.51. The topological polar surface area (TPSA) is 87.7 Å². The van der Waals surface area contributed by atoms with E-state index in [2.05, 4.69) is 10.6 Å². The number of aliphatic carboxylic acids is 1. The fourth-order valence-corrected chi connectivity index (χ4v) is 1.49. The maximum absolute atomic E-state index is 11.5. The van der Waals surface area contributed by atoms with E-state index in [1.165, 1.54) is 0 Å². The van der Waals surface area contributed by atoms with Crippen LogP contribution in [0.3, 0.4) is 0 Å². The van der Waals surface area contributed by atoms with Gasteiger partial charge in [0, 0.05) is 13.2 Å². The molecule has 0 aliphatic rings. The highest BCUT2D eigenvalue weighted by Crippen LogP contribution is 2.00. The summed E-state index contributed by atoms with van der Waals surface area (Å²) >= 11 is 0. The summed E-state index contributed by atoms with van der Waals surface area (Å²) in [6.07, 6.45) is 0.941. The summed E-state index contributed by atoms with van der Waals surface area (Å²) < 4.78 is 5.34. The minimum Gasteiger partial charge on any atom is -0.480 e. The van der Waals surface area contributed by atoms with E-state index in [9.17, 15) is 9.59 Å². The summed E-state index contributed by atoms with van der Waals surface area (Å²) in [5.41, 5.74) is 0. The lowest BCUT2D eigenvalue weighted by atomic mass is 10.1. The zero-order valence-corrected chi connectivity index (χ0v) is 12.2. The number of rotatable bonds is 10. The van der Waals surface area contributed by atoms with Gasteiger partial charge in [-0.3, -0.25) is 14.9 Å². The number of ether oxygens (including phenoxy) is 1. The molecule has 0 spiro atoms. The summed E-state index contributed by atoms with van der Waals surface area (Å²) in [6.45, 7) is 8.67. The number of hydrogen-bond acceptors (Lipinski definition) is 4. The van der Waals surface area contributed by atoms with Gasteiger partial charge in [0.05, 0.1) is 12.6 Å². The molecule has 0 saturated carbocycles. The first-order valence-corrected chi connectivity index (χ1v) is 6.69. The van der Waals surface area contributed by atoms with Crippen LogP contribution in [0.4, 0.5) is 0 Å². The zero-order valence-electron chi connectivity index (χ0n) is 12.2. The average Bonchev–Trinajstić information content (AvgIpc) is 2.27. The van der Waals surface area contributed by atoms with Crippen molar-refractivity contribution in [2.75, 3.05) is 19.7 Å². The molecule has 0 bridgehead atoms. The Bertz CT molecular complexity index is 280. The average molecular weight is 274 g/mol. The van der Waals surface area contributed by atoms with Gasteiger partial charge in [-0.2, -0.15) is 0 Å². The number of nitrogens with one attached hydrogen (secondary N) is 2. The molecule has 0 aliphatic heterocycles. The van der Waals surface area contributed by atoms with E-state index in [0.29, 0.717) is 13.2 Å². The minimum absolute atomic E-state index is 0.0141. The molecule has 112 valence electrons. The Labute approximate surface area is 114 Å². The summed E-state index contributed by atoms with van der Waals surface area (Å²) in [5.74, 6) is -1.20. The van der Waals surface area contributed by atoms with Crippen LogP contribution >= 0.6 is 0 Å². The highest BCUT2D eigenvalue weighted by molar-refractivity contribution is 5.79. The molecule has 0 aromatic rings. The Kier molecular flexibility index (Phi) is 9.16. The number of carbonyl (C=O) groups excluding carboxylic acids is 1. The lowest BCUT2D eigenvalue weighted by molar-refractivity contribution is -0.140. The van der Waals surface area contributed by atoms with Gasteiger partial charge in [-0.25, -0.2) is 0 Å². The van der Waals surface area contributed by atoms with Crippen LogP contribution in [0, 0.1) is 5.92 Å². The Morgan fingerprint density at radius 1 is 1.21 bits per heavy atom. The first-order chi connectivity index (χ1) is 8.84. The lowest BCUT2D eigenvalue weighted by Gasteiger charge is -2.17. The molecule has 6 nitrogen and oxygen atoms in total. The first kappa shape index (κ1) is 17.9. The predicted octanol–water partition coefficient (Wildman–Crippen LogP) is 0.617. The van der Waals surface area contributed by atoms with Crippen molar-refractivity contribution in [3.8, 4) is 0 Å². The Morgan fingerprint density at radius 2 is 1.84 bits per heavy atom. The van der Waals surface area contributed by atoms with Crippen molar-refractivity contribution in [2.24, 2.45) is 5.92 Å². The second-order valence-corrected chi connectivity index (χ2v) is 5.06. The summed E-state index contributed by atoms with van der Waals surface area (Å²) in [4.78, 5) is 22.4. The Hall–Kier alpha value is -1.14. The molecule has 3 N–H and O–H groups in total. The quantitative estimate of drug-likeness (QED) is 0.508. The normalized spacial score (nSPS) is 12.7. The van der Waals surface area contributed by atoms with Crippen molar-refractivity contribution < 1.29 is 19.4 Å². The Morgan fingerprint density at radius 3 is 2.32 bits per heavy atom. The van der Waals surface area contributed by atoms with E-state index in [1.54, 1.807) is 13.8 Å². The highest BCUT2D eigenvalue weighted by Gasteiger charge is 2.21. The molecular weight excluding hydrogens is 248 g/mol. The number of carboxylic acid groups (broad SMARTS) is 1. The van der Waals surface area contributed by atoms with Gasteiger partial charge in [-0.15, -0.1) is 0 Å². The highest BCUT2D eigenvalue weighted by atomic mass is 16.5. The van der Waals surface area contributed by atoms with Crippen LogP contribution in [0.5, 0.6) is 0 Å². The molecule has 1 amide bonds. The Balaban J connectivity index is 3.71. The molecule has 0 radical (unpaired) electrons. The van der Waals surface area contributed by atoms with E-state index in [4.69, 9.17) is 9.84 Å². The number of carboxylic acids is 1. The van der Waals surface area contributed by atoms with E-state index in [0.717, 1.165) is 6.42 Å². The van der Waals surface area contributed by atoms with Crippen LogP contribution in [0.1, 0.15) is 34.1 Å². The van der Waals surface area contributed by atoms with Gasteiger partial charge in [-0.1, -0.05) is 13.8 Å². The van der Waals surface area contributed by atoms with E-state index < -0.39 is 12.0 Å². The van der Waals surface area contributed by atoms with Crippen LogP contribution in [-0.4, -0.2) is 48.8 Å². The van der Waals surface area contributed by atoms with E-state index in [1.807, 2.05) is 13.8 Å². The molecule has 1 unspecified atom stereocenters. The first-order valence-electron chi connectivity index (χ1n) is 6.69. The summed E-state index contributed by atoms with van der Waals surface area (Å²) in [7, 11) is 0. The monoisotopic (exact) mass is 274 g/mol. The second-order valence-electron chi connectivity index (χ2n) is 5.06. The summed E-state index contributed by atoms with van der Waals surface area (Å²) in [5, 5.41) is 14.4. The fraction of sp³-hybridized carbons (Fsp3) is 0.846. The van der Waals surface area contributed by atoms with Gasteiger partial charge in [0.25, 0.3) is 0 Å². The minimum atomic E-state index is -0.937. The van der Waals surface area contributed by atoms with Gasteiger partial charge < -0.3 is 15.2 Å². The van der Waals surface area contributed by atoms with Crippen LogP contribution in [-0.2, 0) is 14.3 Å². The lowest BCUT2D eigenvalue weighted by Crippen LogP contribution is -2.46. The van der Waals surface area contributed by atoms with E-state index in [-0.39, 0.29) is 24.5 Å². The zero-order chi connectivity index (χ0) is 14.8. The largest absolute Gasteiger partial charge is 0.480 e. The standard InChI is InChI=1S/C13H26N2O4/c1-9(2)12(13(17)18)15-8-11(16)14-6-5-7-19-10(3)4/h9-10,12,15H,5-8H2,1-4H3,(H,14,16)(H,17,18). The van der Waals surface area contributed by atoms with Gasteiger partial charge in [-0.05, 0) is 26.2 Å². The molecule has 0 aromatic carbocycles. The van der Waals surface area contributed by atoms with Crippen LogP contribution in [0.2, 0.25) is 0 Å². The molecule has 0 fully saturated rings. The molecule has 6 heteroatoms. The van der Waals surface area contributed by atoms with Crippen LogP contribution < -0.4 is 10.6 Å². The molecule has 0 aliphatic carbocycles. The third kappa shape index (κ3) is 9.44. The second kappa shape index (κ2) is 9.75. The van der Waals surface area contributed by atoms with Gasteiger partial charge in [0.15, 0.2) is 0 Å². The van der Waals surface area contributed by atoms with Gasteiger partial charge in [0.1, 0.15) is 6.04 Å². The van der Waals surface area contributed by atoms with Gasteiger partial charge >= 0.3 is 5.97 Å². The predicted molar refractivity (Wildman–Crippen MR) is 73.0 cm³/mol. The molecule has 19 heavy (non-hydrogen) atoms. The molecule has 0 aromatic heterocycles. The van der Waals surface area contributed by atoms with Crippen LogP contribution in [0.15, 0.2) is 0 Å². The number of amides is 1. The molecule has 0 heterocycles. The molecule has 0 saturated heterocycles. The smallest absolute Gasteiger partial charge is 0.320 e. The van der Waals surface area contributed by atoms with Gasteiger partial charge in [0.2, 0.25) is 5.91 Å². The fourth-order valence-electron chi connectivity index (χ4n) is 1.49. The SMILES string of the molecule is CC(C)OCCCNC(=O)CNC(C(=O)O)C(C)C. The van der Waals surface area contributed by atoms with Crippen molar-refractivity contribution in [2.45, 2.75) is 46.3 Å². The maximum Gasteiger partial charge on any atom is 0.320 e.